The second-order valence-electron chi connectivity index (χ2n) is 4.99. The summed E-state index contributed by atoms with van der Waals surface area (Å²) in [6, 6.07) is 4.03. The predicted molar refractivity (Wildman–Crippen MR) is 68.1 cm³/mol. The first-order valence-corrected chi connectivity index (χ1v) is 6.41. The standard InChI is InChI=1S/C13H11F3N2O6/c14-13(15,16)7-4-2-1-3-6(7)5-12(22)8(9(17)19)10(20)23-18-24-11(12)21/h1-4,8,18,22H,5H2,(H2,17,19). The van der Waals surface area contributed by atoms with Crippen LogP contribution in [0.3, 0.4) is 0 Å². The summed E-state index contributed by atoms with van der Waals surface area (Å²) in [5.41, 5.74) is 1.75. The predicted octanol–water partition coefficient (Wildman–Crippen LogP) is -0.400. The number of aliphatic hydroxyl groups is 1. The first kappa shape index (κ1) is 17.7. The SMILES string of the molecule is NC(=O)C1C(=O)ONOC(=O)C1(O)Cc1ccccc1C(F)(F)F. The van der Waals surface area contributed by atoms with Crippen LogP contribution >= 0.6 is 0 Å². The van der Waals surface area contributed by atoms with Gasteiger partial charge < -0.3 is 20.5 Å². The van der Waals surface area contributed by atoms with Crippen molar-refractivity contribution >= 4 is 17.8 Å². The molecule has 1 aromatic rings. The highest BCUT2D eigenvalue weighted by atomic mass is 19.4. The van der Waals surface area contributed by atoms with Crippen LogP contribution in [-0.2, 0) is 36.7 Å². The molecule has 8 nitrogen and oxygen atoms in total. The zero-order chi connectivity index (χ0) is 18.1. The molecule has 0 aromatic heterocycles. The Morgan fingerprint density at radius 2 is 1.92 bits per heavy atom. The Labute approximate surface area is 132 Å². The van der Waals surface area contributed by atoms with Crippen molar-refractivity contribution < 1.29 is 42.3 Å². The molecule has 11 heteroatoms. The van der Waals surface area contributed by atoms with Gasteiger partial charge in [-0.1, -0.05) is 18.2 Å². The monoisotopic (exact) mass is 348 g/mol. The average molecular weight is 348 g/mol. The first-order chi connectivity index (χ1) is 11.1. The number of hydrogen-bond acceptors (Lipinski definition) is 7. The molecule has 2 unspecified atom stereocenters. The van der Waals surface area contributed by atoms with Crippen molar-refractivity contribution in [3.63, 3.8) is 0 Å². The molecule has 130 valence electrons. The molecule has 0 radical (unpaired) electrons. The van der Waals surface area contributed by atoms with Gasteiger partial charge >= 0.3 is 18.1 Å². The highest BCUT2D eigenvalue weighted by Gasteiger charge is 2.56. The van der Waals surface area contributed by atoms with Gasteiger partial charge in [-0.2, -0.15) is 13.2 Å². The summed E-state index contributed by atoms with van der Waals surface area (Å²) in [5, 5.41) is 10.5. The third-order valence-electron chi connectivity index (χ3n) is 3.41. The van der Waals surface area contributed by atoms with Crippen LogP contribution in [0.5, 0.6) is 0 Å². The smallest absolute Gasteiger partial charge is 0.377 e. The molecule has 0 spiro atoms. The largest absolute Gasteiger partial charge is 0.416 e. The van der Waals surface area contributed by atoms with Crippen molar-refractivity contribution in [2.45, 2.75) is 18.2 Å². The summed E-state index contributed by atoms with van der Waals surface area (Å²) in [6.45, 7) is 0. The van der Waals surface area contributed by atoms with Crippen molar-refractivity contribution in [1.82, 2.24) is 5.64 Å². The van der Waals surface area contributed by atoms with Crippen molar-refractivity contribution in [1.29, 1.82) is 0 Å². The Bertz CT molecular complexity index is 693. The fourth-order valence-electron chi connectivity index (χ4n) is 2.33. The van der Waals surface area contributed by atoms with Gasteiger partial charge in [0, 0.05) is 12.1 Å². The topological polar surface area (TPSA) is 128 Å². The van der Waals surface area contributed by atoms with Crippen LogP contribution in [0.1, 0.15) is 11.1 Å². The second-order valence-corrected chi connectivity index (χ2v) is 4.99. The minimum Gasteiger partial charge on any atom is -0.377 e. The Balaban J connectivity index is 2.53. The van der Waals surface area contributed by atoms with Crippen molar-refractivity contribution in [3.05, 3.63) is 35.4 Å². The van der Waals surface area contributed by atoms with Gasteiger partial charge in [0.05, 0.1) is 5.56 Å². The number of primary amides is 1. The number of alkyl halides is 3. The molecule has 1 saturated heterocycles. The van der Waals surface area contributed by atoms with Gasteiger partial charge in [0.15, 0.2) is 11.5 Å². The molecule has 0 bridgehead atoms. The van der Waals surface area contributed by atoms with E-state index in [0.717, 1.165) is 18.2 Å². The van der Waals surface area contributed by atoms with Crippen LogP contribution in [0.15, 0.2) is 24.3 Å². The molecule has 0 saturated carbocycles. The minimum atomic E-state index is -4.79. The highest BCUT2D eigenvalue weighted by Crippen LogP contribution is 2.35. The number of rotatable bonds is 3. The average Bonchev–Trinajstić information content (AvgIpc) is 2.55. The third kappa shape index (κ3) is 3.16. The van der Waals surface area contributed by atoms with Gasteiger partial charge in [-0.25, -0.2) is 9.59 Å². The first-order valence-electron chi connectivity index (χ1n) is 6.41. The molecule has 1 amide bonds. The Morgan fingerprint density at radius 1 is 1.29 bits per heavy atom. The van der Waals surface area contributed by atoms with Crippen LogP contribution < -0.4 is 11.4 Å². The molecule has 4 N–H and O–H groups in total. The van der Waals surface area contributed by atoms with Crippen LogP contribution in [-0.4, -0.2) is 28.6 Å². The molecule has 24 heavy (non-hydrogen) atoms. The summed E-state index contributed by atoms with van der Waals surface area (Å²) in [5.74, 6) is -6.79. The lowest BCUT2D eigenvalue weighted by atomic mass is 9.80. The number of carbonyl (C=O) groups is 3. The van der Waals surface area contributed by atoms with Crippen LogP contribution in [0.25, 0.3) is 0 Å². The molecule has 0 aliphatic carbocycles. The number of halogens is 3. The van der Waals surface area contributed by atoms with E-state index in [1.165, 1.54) is 11.7 Å². The summed E-state index contributed by atoms with van der Waals surface area (Å²) in [6.07, 6.45) is -5.84. The molecule has 1 heterocycles. The fourth-order valence-corrected chi connectivity index (χ4v) is 2.33. The maximum Gasteiger partial charge on any atom is 0.416 e. The lowest BCUT2D eigenvalue weighted by molar-refractivity contribution is -0.196. The molecular weight excluding hydrogens is 337 g/mol. The van der Waals surface area contributed by atoms with Gasteiger partial charge in [-0.15, -0.1) is 0 Å². The molecule has 2 rings (SSSR count). The van der Waals surface area contributed by atoms with Crippen LogP contribution in [0.4, 0.5) is 13.2 Å². The van der Waals surface area contributed by atoms with Gasteiger partial charge in [-0.3, -0.25) is 4.79 Å². The zero-order valence-electron chi connectivity index (χ0n) is 11.8. The van der Waals surface area contributed by atoms with E-state index >= 15 is 0 Å². The van der Waals surface area contributed by atoms with E-state index in [1.54, 1.807) is 0 Å². The number of nitrogens with one attached hydrogen (secondary N) is 1. The summed E-state index contributed by atoms with van der Waals surface area (Å²) < 4.78 is 39.1. The third-order valence-corrected chi connectivity index (χ3v) is 3.41. The van der Waals surface area contributed by atoms with E-state index < -0.39 is 53.1 Å². The van der Waals surface area contributed by atoms with E-state index in [9.17, 15) is 32.7 Å². The van der Waals surface area contributed by atoms with E-state index in [2.05, 4.69) is 9.68 Å². The Kier molecular flexibility index (Phi) is 4.49. The summed E-state index contributed by atoms with van der Waals surface area (Å²) >= 11 is 0. The molecule has 1 fully saturated rings. The maximum absolute atomic E-state index is 13.0. The second kappa shape index (κ2) is 6.09. The lowest BCUT2D eigenvalue weighted by Gasteiger charge is -2.28. The normalized spacial score (nSPS) is 24.8. The number of carbonyl (C=O) groups excluding carboxylic acids is 3. The lowest BCUT2D eigenvalue weighted by Crippen LogP contribution is -2.55. The fraction of sp³-hybridized carbons (Fsp3) is 0.308. The van der Waals surface area contributed by atoms with Gasteiger partial charge in [0.1, 0.15) is 0 Å². The minimum absolute atomic E-state index is 0.537. The van der Waals surface area contributed by atoms with Crippen molar-refractivity contribution in [2.24, 2.45) is 11.7 Å². The quantitative estimate of drug-likeness (QED) is 0.634. The summed E-state index contributed by atoms with van der Waals surface area (Å²) in [7, 11) is 0. The number of nitrogens with two attached hydrogens (primary N) is 1. The number of hydrogen-bond donors (Lipinski definition) is 3. The van der Waals surface area contributed by atoms with E-state index in [4.69, 9.17) is 5.73 Å². The molecule has 1 aliphatic heterocycles. The van der Waals surface area contributed by atoms with E-state index in [1.807, 2.05) is 0 Å². The molecule has 2 atom stereocenters. The molecule has 1 aromatic carbocycles. The maximum atomic E-state index is 13.0. The van der Waals surface area contributed by atoms with Crippen LogP contribution in [0, 0.1) is 5.92 Å². The highest BCUT2D eigenvalue weighted by molar-refractivity contribution is 6.04. The van der Waals surface area contributed by atoms with Gasteiger partial charge in [0.2, 0.25) is 5.91 Å². The van der Waals surface area contributed by atoms with Crippen molar-refractivity contribution in [2.75, 3.05) is 0 Å². The van der Waals surface area contributed by atoms with E-state index in [0.29, 0.717) is 0 Å². The zero-order valence-corrected chi connectivity index (χ0v) is 11.8. The van der Waals surface area contributed by atoms with Gasteiger partial charge in [-0.05, 0) is 11.6 Å². The molecular formula is C13H11F3N2O6. The Hall–Kier alpha value is -2.66. The number of benzene rings is 1. The van der Waals surface area contributed by atoms with Crippen molar-refractivity contribution in [3.8, 4) is 0 Å². The number of amides is 1. The summed E-state index contributed by atoms with van der Waals surface area (Å²) in [4.78, 5) is 43.4. The van der Waals surface area contributed by atoms with Crippen LogP contribution in [0.2, 0.25) is 0 Å². The Morgan fingerprint density at radius 3 is 2.50 bits per heavy atom. The molecule has 1 aliphatic rings. The van der Waals surface area contributed by atoms with E-state index in [-0.39, 0.29) is 0 Å². The van der Waals surface area contributed by atoms with Gasteiger partial charge in [0.25, 0.3) is 0 Å².